The summed E-state index contributed by atoms with van der Waals surface area (Å²) in [5.41, 5.74) is -0.613. The molecule has 0 spiro atoms. The summed E-state index contributed by atoms with van der Waals surface area (Å²) in [6.07, 6.45) is 3.60. The highest BCUT2D eigenvalue weighted by Gasteiger charge is 2.26. The Balaban J connectivity index is 2.09. The van der Waals surface area contributed by atoms with Gasteiger partial charge >= 0.3 is 5.69 Å². The largest absolute Gasteiger partial charge is 0.396 e. The Morgan fingerprint density at radius 2 is 2.14 bits per heavy atom. The molecule has 1 aliphatic rings. The number of halogens is 1. The van der Waals surface area contributed by atoms with Crippen molar-refractivity contribution in [3.63, 3.8) is 0 Å². The van der Waals surface area contributed by atoms with Crippen LogP contribution in [0.1, 0.15) is 36.0 Å². The Morgan fingerprint density at radius 3 is 2.76 bits per heavy atom. The molecule has 0 radical (unpaired) electrons. The first-order valence-electron chi connectivity index (χ1n) is 6.88. The van der Waals surface area contributed by atoms with E-state index in [0.717, 1.165) is 37.8 Å². The molecule has 2 unspecified atom stereocenters. The van der Waals surface area contributed by atoms with Gasteiger partial charge in [0.2, 0.25) is 5.82 Å². The highest BCUT2D eigenvalue weighted by atomic mass is 19.1. The van der Waals surface area contributed by atoms with Crippen LogP contribution in [0.3, 0.4) is 0 Å². The molecule has 1 fully saturated rings. The van der Waals surface area contributed by atoms with Crippen LogP contribution in [-0.2, 0) is 0 Å². The predicted molar refractivity (Wildman–Crippen MR) is 73.4 cm³/mol. The van der Waals surface area contributed by atoms with Gasteiger partial charge in [0, 0.05) is 30.2 Å². The quantitative estimate of drug-likeness (QED) is 0.656. The molecule has 2 atom stereocenters. The average Bonchev–Trinajstić information content (AvgIpc) is 2.47. The molecule has 2 rings (SSSR count). The summed E-state index contributed by atoms with van der Waals surface area (Å²) in [6.45, 7) is -0.000427. The molecule has 7 heteroatoms. The maximum atomic E-state index is 13.5. The van der Waals surface area contributed by atoms with Crippen LogP contribution < -0.4 is 5.32 Å². The second kappa shape index (κ2) is 6.62. The number of carbonyl (C=O) groups is 1. The molecular weight excluding hydrogens is 279 g/mol. The normalized spacial score (nSPS) is 21.8. The smallest absolute Gasteiger partial charge is 0.304 e. The van der Waals surface area contributed by atoms with Crippen molar-refractivity contribution in [3.05, 3.63) is 39.7 Å². The van der Waals surface area contributed by atoms with Gasteiger partial charge < -0.3 is 10.4 Å². The number of nitro benzene ring substituents is 1. The Hall–Kier alpha value is -2.02. The van der Waals surface area contributed by atoms with Gasteiger partial charge in [0.15, 0.2) is 0 Å². The molecule has 114 valence electrons. The number of rotatable bonds is 4. The van der Waals surface area contributed by atoms with E-state index in [1.165, 1.54) is 6.07 Å². The Labute approximate surface area is 121 Å². The zero-order chi connectivity index (χ0) is 15.4. The third kappa shape index (κ3) is 3.55. The van der Waals surface area contributed by atoms with Crippen LogP contribution in [0.5, 0.6) is 0 Å². The molecule has 6 nitrogen and oxygen atoms in total. The van der Waals surface area contributed by atoms with E-state index >= 15 is 0 Å². The molecule has 1 aromatic rings. The minimum Gasteiger partial charge on any atom is -0.396 e. The zero-order valence-electron chi connectivity index (χ0n) is 11.4. The van der Waals surface area contributed by atoms with Crippen LogP contribution >= 0.6 is 0 Å². The van der Waals surface area contributed by atoms with Crippen molar-refractivity contribution in [2.24, 2.45) is 5.92 Å². The van der Waals surface area contributed by atoms with Crippen molar-refractivity contribution in [3.8, 4) is 0 Å². The summed E-state index contributed by atoms with van der Waals surface area (Å²) in [5, 5.41) is 22.6. The van der Waals surface area contributed by atoms with E-state index in [1.807, 2.05) is 0 Å². The molecule has 1 amide bonds. The second-order valence-electron chi connectivity index (χ2n) is 5.23. The van der Waals surface area contributed by atoms with E-state index in [9.17, 15) is 24.4 Å². The molecule has 1 aliphatic carbocycles. The SMILES string of the molecule is O=C(NC1CCCCC1CO)c1ccc([N+](=O)[O-])c(F)c1. The monoisotopic (exact) mass is 296 g/mol. The molecule has 0 aliphatic heterocycles. The second-order valence-corrected chi connectivity index (χ2v) is 5.23. The molecule has 0 aromatic heterocycles. The van der Waals surface area contributed by atoms with Crippen LogP contribution in [-0.4, -0.2) is 28.6 Å². The highest BCUT2D eigenvalue weighted by molar-refractivity contribution is 5.94. The van der Waals surface area contributed by atoms with Crippen molar-refractivity contribution in [2.75, 3.05) is 6.61 Å². The van der Waals surface area contributed by atoms with Crippen LogP contribution in [0.15, 0.2) is 18.2 Å². The van der Waals surface area contributed by atoms with Gasteiger partial charge in [0.05, 0.1) is 4.92 Å². The number of aliphatic hydroxyl groups excluding tert-OH is 1. The van der Waals surface area contributed by atoms with Gasteiger partial charge in [-0.05, 0) is 25.0 Å². The van der Waals surface area contributed by atoms with Gasteiger partial charge in [0.25, 0.3) is 5.91 Å². The van der Waals surface area contributed by atoms with Gasteiger partial charge in [-0.2, -0.15) is 4.39 Å². The van der Waals surface area contributed by atoms with Crippen molar-refractivity contribution in [1.82, 2.24) is 5.32 Å². The van der Waals surface area contributed by atoms with Crippen LogP contribution in [0.25, 0.3) is 0 Å². The maximum absolute atomic E-state index is 13.5. The van der Waals surface area contributed by atoms with E-state index in [-0.39, 0.29) is 24.1 Å². The first-order chi connectivity index (χ1) is 10.0. The lowest BCUT2D eigenvalue weighted by Crippen LogP contribution is -2.43. The number of nitro groups is 1. The van der Waals surface area contributed by atoms with E-state index in [1.54, 1.807) is 0 Å². The summed E-state index contributed by atoms with van der Waals surface area (Å²) < 4.78 is 13.5. The van der Waals surface area contributed by atoms with E-state index in [2.05, 4.69) is 5.32 Å². The first kappa shape index (κ1) is 15.4. The summed E-state index contributed by atoms with van der Waals surface area (Å²) in [7, 11) is 0. The number of amides is 1. The van der Waals surface area contributed by atoms with Crippen molar-refractivity contribution < 1.29 is 19.2 Å². The molecule has 1 saturated carbocycles. The molecule has 0 bridgehead atoms. The number of hydrogen-bond acceptors (Lipinski definition) is 4. The number of nitrogens with one attached hydrogen (secondary N) is 1. The first-order valence-corrected chi connectivity index (χ1v) is 6.88. The number of hydrogen-bond donors (Lipinski definition) is 2. The summed E-state index contributed by atoms with van der Waals surface area (Å²) >= 11 is 0. The van der Waals surface area contributed by atoms with Crippen molar-refractivity contribution in [1.29, 1.82) is 0 Å². The standard InChI is InChI=1S/C14H17FN2O4/c15-11-7-9(5-6-13(11)17(20)21)14(19)16-12-4-2-1-3-10(12)8-18/h5-7,10,12,18H,1-4,8H2,(H,16,19). The molecule has 1 aromatic carbocycles. The lowest BCUT2D eigenvalue weighted by atomic mass is 9.85. The number of aliphatic hydroxyl groups is 1. The fourth-order valence-electron chi connectivity index (χ4n) is 2.66. The molecule has 0 heterocycles. The van der Waals surface area contributed by atoms with Gasteiger partial charge in [-0.25, -0.2) is 0 Å². The van der Waals surface area contributed by atoms with Crippen LogP contribution in [0.2, 0.25) is 0 Å². The summed E-state index contributed by atoms with van der Waals surface area (Å²) in [6, 6.07) is 2.93. The number of nitrogens with zero attached hydrogens (tertiary/aromatic N) is 1. The number of benzene rings is 1. The third-order valence-corrected chi connectivity index (χ3v) is 3.87. The van der Waals surface area contributed by atoms with Crippen LogP contribution in [0, 0.1) is 21.8 Å². The Bertz CT molecular complexity index is 550. The molecule has 2 N–H and O–H groups in total. The minimum absolute atomic E-state index is 0.000427. The van der Waals surface area contributed by atoms with Gasteiger partial charge in [0.1, 0.15) is 0 Å². The average molecular weight is 296 g/mol. The predicted octanol–water partition coefficient (Wildman–Crippen LogP) is 2.01. The van der Waals surface area contributed by atoms with E-state index in [4.69, 9.17) is 0 Å². The molecule has 21 heavy (non-hydrogen) atoms. The topological polar surface area (TPSA) is 92.5 Å². The van der Waals surface area contributed by atoms with Gasteiger partial charge in [-0.3, -0.25) is 14.9 Å². The Morgan fingerprint density at radius 1 is 1.43 bits per heavy atom. The van der Waals surface area contributed by atoms with Crippen molar-refractivity contribution >= 4 is 11.6 Å². The summed E-state index contributed by atoms with van der Waals surface area (Å²) in [4.78, 5) is 21.8. The lowest BCUT2D eigenvalue weighted by molar-refractivity contribution is -0.387. The maximum Gasteiger partial charge on any atom is 0.304 e. The summed E-state index contributed by atoms with van der Waals surface area (Å²) in [5.74, 6) is -1.50. The fourth-order valence-corrected chi connectivity index (χ4v) is 2.66. The molecular formula is C14H17FN2O4. The fraction of sp³-hybridized carbons (Fsp3) is 0.500. The molecule has 0 saturated heterocycles. The highest BCUT2D eigenvalue weighted by Crippen LogP contribution is 2.24. The Kier molecular flexibility index (Phi) is 4.85. The number of carbonyl (C=O) groups excluding carboxylic acids is 1. The van der Waals surface area contributed by atoms with E-state index in [0.29, 0.717) is 0 Å². The van der Waals surface area contributed by atoms with Crippen molar-refractivity contribution in [2.45, 2.75) is 31.7 Å². The van der Waals surface area contributed by atoms with Gasteiger partial charge in [-0.1, -0.05) is 12.8 Å². The van der Waals surface area contributed by atoms with Gasteiger partial charge in [-0.15, -0.1) is 0 Å². The third-order valence-electron chi connectivity index (χ3n) is 3.87. The van der Waals surface area contributed by atoms with Crippen LogP contribution in [0.4, 0.5) is 10.1 Å². The zero-order valence-corrected chi connectivity index (χ0v) is 11.4. The van der Waals surface area contributed by atoms with E-state index < -0.39 is 22.3 Å². The lowest BCUT2D eigenvalue weighted by Gasteiger charge is -2.30. The minimum atomic E-state index is -1.03.